The van der Waals surface area contributed by atoms with E-state index in [0.29, 0.717) is 6.61 Å². The second kappa shape index (κ2) is 5.00. The summed E-state index contributed by atoms with van der Waals surface area (Å²) in [5.74, 6) is -0.852. The van der Waals surface area contributed by atoms with E-state index in [1.54, 1.807) is 0 Å². The summed E-state index contributed by atoms with van der Waals surface area (Å²) in [7, 11) is 0. The highest BCUT2D eigenvalue weighted by atomic mass is 32.1. The lowest BCUT2D eigenvalue weighted by Crippen LogP contribution is -2.33. The predicted octanol–water partition coefficient (Wildman–Crippen LogP) is 3.07. The minimum Gasteiger partial charge on any atom is -0.481 e. The number of aromatic nitrogens is 1. The number of hydrogen-bond donors (Lipinski definition) is 1. The zero-order valence-corrected chi connectivity index (χ0v) is 11.9. The summed E-state index contributed by atoms with van der Waals surface area (Å²) in [4.78, 5) is 16.7. The molecule has 0 saturated carbocycles. The average Bonchev–Trinajstić information content (AvgIpc) is 2.84. The van der Waals surface area contributed by atoms with Gasteiger partial charge in [-0.3, -0.25) is 4.79 Å². The Kier molecular flexibility index (Phi) is 3.31. The number of rotatable bonds is 3. The number of carboxylic acids is 1. The summed E-state index contributed by atoms with van der Waals surface area (Å²) in [5, 5.41) is 10.0. The number of carbonyl (C=O) groups is 1. The van der Waals surface area contributed by atoms with Gasteiger partial charge in [0.1, 0.15) is 10.6 Å². The minimum absolute atomic E-state index is 0.0313. The lowest BCUT2D eigenvalue weighted by atomic mass is 9.95. The van der Waals surface area contributed by atoms with Crippen LogP contribution in [-0.4, -0.2) is 22.7 Å². The van der Waals surface area contributed by atoms with Gasteiger partial charge in [-0.2, -0.15) is 0 Å². The molecule has 104 valence electrons. The van der Waals surface area contributed by atoms with Gasteiger partial charge in [-0.25, -0.2) is 4.98 Å². The van der Waals surface area contributed by atoms with Gasteiger partial charge in [0.05, 0.1) is 23.6 Å². The number of carboxylic acid groups (broad SMARTS) is 1. The van der Waals surface area contributed by atoms with E-state index in [-0.39, 0.29) is 6.42 Å². The molecule has 3 rings (SSSR count). The van der Waals surface area contributed by atoms with Crippen molar-refractivity contribution in [1.29, 1.82) is 0 Å². The Morgan fingerprint density at radius 1 is 1.45 bits per heavy atom. The second-order valence-corrected chi connectivity index (χ2v) is 6.06. The summed E-state index contributed by atoms with van der Waals surface area (Å²) in [6, 6.07) is 9.94. The normalized spacial score (nSPS) is 21.4. The van der Waals surface area contributed by atoms with E-state index in [4.69, 9.17) is 9.84 Å². The molecule has 0 radical (unpaired) electrons. The first-order valence-corrected chi connectivity index (χ1v) is 7.31. The third kappa shape index (κ3) is 2.34. The summed E-state index contributed by atoms with van der Waals surface area (Å²) in [6.45, 7) is 2.36. The first-order chi connectivity index (χ1) is 9.58. The highest BCUT2D eigenvalue weighted by Crippen LogP contribution is 2.41. The first-order valence-electron chi connectivity index (χ1n) is 6.50. The molecule has 0 spiro atoms. The molecule has 20 heavy (non-hydrogen) atoms. The Labute approximate surface area is 121 Å². The molecule has 0 aliphatic carbocycles. The molecule has 2 heterocycles. The van der Waals surface area contributed by atoms with E-state index in [1.807, 2.05) is 37.3 Å². The molecule has 1 aliphatic rings. The van der Waals surface area contributed by atoms with Gasteiger partial charge in [-0.05, 0) is 6.92 Å². The van der Waals surface area contributed by atoms with Crippen LogP contribution in [0.4, 0.5) is 0 Å². The fourth-order valence-electron chi connectivity index (χ4n) is 2.50. The lowest BCUT2D eigenvalue weighted by Gasteiger charge is -2.31. The number of hydrogen-bond acceptors (Lipinski definition) is 4. The molecule has 1 unspecified atom stereocenters. The predicted molar refractivity (Wildman–Crippen MR) is 76.8 cm³/mol. The summed E-state index contributed by atoms with van der Waals surface area (Å²) < 4.78 is 5.74. The van der Waals surface area contributed by atoms with Crippen molar-refractivity contribution in [2.24, 2.45) is 0 Å². The Hall–Kier alpha value is -1.72. The molecule has 0 bridgehead atoms. The van der Waals surface area contributed by atoms with Crippen LogP contribution >= 0.6 is 11.3 Å². The standard InChI is InChI=1S/C15H15NO3S/c1-15(9-12(17)18)13-11(7-8-19-15)16-14(20-13)10-5-3-2-4-6-10/h2-6H,7-9H2,1H3,(H,17,18). The Morgan fingerprint density at radius 2 is 2.20 bits per heavy atom. The third-order valence-corrected chi connectivity index (χ3v) is 4.84. The van der Waals surface area contributed by atoms with Crippen LogP contribution in [0.25, 0.3) is 10.6 Å². The van der Waals surface area contributed by atoms with E-state index in [2.05, 4.69) is 4.98 Å². The average molecular weight is 289 g/mol. The topological polar surface area (TPSA) is 59.4 Å². The number of ether oxygens (including phenoxy) is 1. The highest BCUT2D eigenvalue weighted by Gasteiger charge is 2.38. The van der Waals surface area contributed by atoms with Gasteiger partial charge in [-0.15, -0.1) is 11.3 Å². The molecule has 2 aromatic rings. The summed E-state index contributed by atoms with van der Waals surface area (Å²) in [5.41, 5.74) is 1.28. The van der Waals surface area contributed by atoms with Crippen molar-refractivity contribution < 1.29 is 14.6 Å². The van der Waals surface area contributed by atoms with E-state index in [0.717, 1.165) is 27.6 Å². The number of aliphatic carboxylic acids is 1. The zero-order valence-electron chi connectivity index (χ0n) is 11.1. The monoisotopic (exact) mass is 289 g/mol. The van der Waals surface area contributed by atoms with Crippen LogP contribution < -0.4 is 0 Å². The molecule has 1 atom stereocenters. The SMILES string of the molecule is CC1(CC(=O)O)OCCc2nc(-c3ccccc3)sc21. The molecular weight excluding hydrogens is 274 g/mol. The van der Waals surface area contributed by atoms with Crippen LogP contribution in [0, 0.1) is 0 Å². The van der Waals surface area contributed by atoms with Gasteiger partial charge < -0.3 is 9.84 Å². The lowest BCUT2D eigenvalue weighted by molar-refractivity contribution is -0.146. The molecule has 4 nitrogen and oxygen atoms in total. The van der Waals surface area contributed by atoms with Gasteiger partial charge >= 0.3 is 5.97 Å². The van der Waals surface area contributed by atoms with E-state index in [9.17, 15) is 4.79 Å². The minimum atomic E-state index is -0.852. The maximum Gasteiger partial charge on any atom is 0.306 e. The van der Waals surface area contributed by atoms with Crippen LogP contribution in [0.5, 0.6) is 0 Å². The van der Waals surface area contributed by atoms with E-state index >= 15 is 0 Å². The first kappa shape index (κ1) is 13.3. The zero-order chi connectivity index (χ0) is 14.2. The molecule has 1 aromatic carbocycles. The maximum absolute atomic E-state index is 11.1. The van der Waals surface area contributed by atoms with Crippen LogP contribution in [0.15, 0.2) is 30.3 Å². The Balaban J connectivity index is 2.03. The van der Waals surface area contributed by atoms with Crippen LogP contribution in [0.3, 0.4) is 0 Å². The van der Waals surface area contributed by atoms with Gasteiger partial charge in [0, 0.05) is 12.0 Å². The number of benzene rings is 1. The quantitative estimate of drug-likeness (QED) is 0.943. The molecule has 5 heteroatoms. The molecule has 0 saturated heterocycles. The molecule has 1 aromatic heterocycles. The van der Waals surface area contributed by atoms with Crippen molar-refractivity contribution in [3.05, 3.63) is 40.9 Å². The summed E-state index contributed by atoms with van der Waals surface area (Å²) >= 11 is 1.54. The Morgan fingerprint density at radius 3 is 2.90 bits per heavy atom. The third-order valence-electron chi connectivity index (χ3n) is 3.45. The van der Waals surface area contributed by atoms with Crippen molar-refractivity contribution in [2.45, 2.75) is 25.4 Å². The largest absolute Gasteiger partial charge is 0.481 e. The van der Waals surface area contributed by atoms with Crippen molar-refractivity contribution in [2.75, 3.05) is 6.61 Å². The van der Waals surface area contributed by atoms with Crippen LogP contribution in [0.2, 0.25) is 0 Å². The molecule has 1 aliphatic heterocycles. The fraction of sp³-hybridized carbons (Fsp3) is 0.333. The van der Waals surface area contributed by atoms with Crippen LogP contribution in [-0.2, 0) is 21.6 Å². The maximum atomic E-state index is 11.1. The van der Waals surface area contributed by atoms with Crippen molar-refractivity contribution >= 4 is 17.3 Å². The van der Waals surface area contributed by atoms with Crippen LogP contribution in [0.1, 0.15) is 23.9 Å². The van der Waals surface area contributed by atoms with Crippen molar-refractivity contribution in [3.8, 4) is 10.6 Å². The Bertz CT molecular complexity index is 638. The highest BCUT2D eigenvalue weighted by molar-refractivity contribution is 7.15. The fourth-order valence-corrected chi connectivity index (χ4v) is 3.71. The van der Waals surface area contributed by atoms with E-state index < -0.39 is 11.6 Å². The molecule has 0 amide bonds. The van der Waals surface area contributed by atoms with E-state index in [1.165, 1.54) is 11.3 Å². The van der Waals surface area contributed by atoms with Gasteiger partial charge in [-0.1, -0.05) is 30.3 Å². The smallest absolute Gasteiger partial charge is 0.306 e. The van der Waals surface area contributed by atoms with Crippen molar-refractivity contribution in [1.82, 2.24) is 4.98 Å². The number of nitrogens with zero attached hydrogens (tertiary/aromatic N) is 1. The number of fused-ring (bicyclic) bond motifs is 1. The molecule has 1 N–H and O–H groups in total. The second-order valence-electron chi connectivity index (χ2n) is 5.06. The van der Waals surface area contributed by atoms with Crippen molar-refractivity contribution in [3.63, 3.8) is 0 Å². The summed E-state index contributed by atoms with van der Waals surface area (Å²) in [6.07, 6.45) is 0.713. The van der Waals surface area contributed by atoms with Gasteiger partial charge in [0.15, 0.2) is 0 Å². The number of thiazole rings is 1. The van der Waals surface area contributed by atoms with Gasteiger partial charge in [0.2, 0.25) is 0 Å². The van der Waals surface area contributed by atoms with Gasteiger partial charge in [0.25, 0.3) is 0 Å². The molecule has 0 fully saturated rings. The molecular formula is C15H15NO3S.